The Morgan fingerprint density at radius 2 is 1.97 bits per heavy atom. The summed E-state index contributed by atoms with van der Waals surface area (Å²) in [5.74, 6) is 2.59. The summed E-state index contributed by atoms with van der Waals surface area (Å²) in [6, 6.07) is 8.51. The van der Waals surface area contributed by atoms with Crippen molar-refractivity contribution in [2.45, 2.75) is 50.6 Å². The average molecular weight is 463 g/mol. The lowest BCUT2D eigenvalue weighted by molar-refractivity contribution is 0.00131. The van der Waals surface area contributed by atoms with E-state index >= 15 is 0 Å². The van der Waals surface area contributed by atoms with Crippen LogP contribution in [0.25, 0.3) is 11.3 Å². The average Bonchev–Trinajstić information content (AvgIpc) is 3.38. The van der Waals surface area contributed by atoms with Gasteiger partial charge in [0.15, 0.2) is 11.5 Å². The van der Waals surface area contributed by atoms with Crippen molar-refractivity contribution in [3.8, 4) is 22.8 Å². The van der Waals surface area contributed by atoms with Crippen LogP contribution in [0.2, 0.25) is 0 Å². The molecule has 0 unspecified atom stereocenters. The molecule has 1 aromatic heterocycles. The number of likely N-dealkylation sites (tertiary alicyclic amines) is 1. The first-order chi connectivity index (χ1) is 16.7. The summed E-state index contributed by atoms with van der Waals surface area (Å²) < 4.78 is 10.8. The Morgan fingerprint density at radius 1 is 1.09 bits per heavy atom. The Balaban J connectivity index is 1.26. The second-order valence-corrected chi connectivity index (χ2v) is 10.2. The lowest BCUT2D eigenvalue weighted by Gasteiger charge is -2.54. The fourth-order valence-corrected chi connectivity index (χ4v) is 6.93. The molecule has 34 heavy (non-hydrogen) atoms. The third kappa shape index (κ3) is 3.61. The Hall–Kier alpha value is -2.80. The molecule has 4 heterocycles. The molecular formula is C27H34N4O3. The molecule has 2 bridgehead atoms. The zero-order valence-electron chi connectivity index (χ0n) is 20.1. The standard InChI is InChI=1S/C27H34N4O3/c1-33-24-9-8-17(14-25(24)34-2)21-15-22(29-28-21)27(32)31-11-5-6-18-12-19-13-20(26(18)31)16-30-10-4-3-7-23(19)30/h8-9,12,14-15,19-20,23,26H,3-7,10-11,13,16H2,1-2H3,(H,28,29)/t19-,20-,23-,26+/m0/s1. The molecular weight excluding hydrogens is 428 g/mol. The maximum absolute atomic E-state index is 13.7. The van der Waals surface area contributed by atoms with Gasteiger partial charge >= 0.3 is 0 Å². The number of ether oxygens (including phenoxy) is 2. The molecule has 180 valence electrons. The van der Waals surface area contributed by atoms with Crippen molar-refractivity contribution >= 4 is 5.91 Å². The predicted molar refractivity (Wildman–Crippen MR) is 130 cm³/mol. The zero-order valence-corrected chi connectivity index (χ0v) is 20.1. The molecule has 2 aromatic rings. The number of rotatable bonds is 4. The minimum atomic E-state index is 0.0639. The molecule has 1 aliphatic carbocycles. The van der Waals surface area contributed by atoms with Gasteiger partial charge in [-0.3, -0.25) is 14.8 Å². The van der Waals surface area contributed by atoms with Crippen LogP contribution in [0.5, 0.6) is 11.5 Å². The molecule has 1 aromatic carbocycles. The molecule has 0 radical (unpaired) electrons. The highest BCUT2D eigenvalue weighted by Crippen LogP contribution is 2.45. The van der Waals surface area contributed by atoms with Gasteiger partial charge in [-0.05, 0) is 74.8 Å². The van der Waals surface area contributed by atoms with E-state index in [0.29, 0.717) is 29.0 Å². The van der Waals surface area contributed by atoms with Crippen LogP contribution in [0, 0.1) is 11.8 Å². The van der Waals surface area contributed by atoms with Gasteiger partial charge in [0, 0.05) is 24.7 Å². The number of benzene rings is 1. The number of amides is 1. The summed E-state index contributed by atoms with van der Waals surface area (Å²) in [4.78, 5) is 18.6. The molecule has 3 fully saturated rings. The topological polar surface area (TPSA) is 70.7 Å². The van der Waals surface area contributed by atoms with Crippen molar-refractivity contribution in [3.05, 3.63) is 41.6 Å². The van der Waals surface area contributed by atoms with Gasteiger partial charge in [0.25, 0.3) is 5.91 Å². The Bertz CT molecular complexity index is 1110. The van der Waals surface area contributed by atoms with Crippen LogP contribution in [0.1, 0.15) is 49.0 Å². The Kier molecular flexibility index (Phi) is 5.60. The van der Waals surface area contributed by atoms with Crippen molar-refractivity contribution < 1.29 is 14.3 Å². The monoisotopic (exact) mass is 462 g/mol. The number of methoxy groups -OCH3 is 2. The summed E-state index contributed by atoms with van der Waals surface area (Å²) in [6.45, 7) is 3.17. The van der Waals surface area contributed by atoms with E-state index in [2.05, 4.69) is 26.1 Å². The maximum atomic E-state index is 13.7. The van der Waals surface area contributed by atoms with Crippen LogP contribution in [0.3, 0.4) is 0 Å². The minimum Gasteiger partial charge on any atom is -0.493 e. The van der Waals surface area contributed by atoms with Crippen LogP contribution in [0.4, 0.5) is 0 Å². The van der Waals surface area contributed by atoms with Crippen LogP contribution in [-0.4, -0.2) is 71.8 Å². The van der Waals surface area contributed by atoms with Gasteiger partial charge in [-0.1, -0.05) is 18.1 Å². The van der Waals surface area contributed by atoms with E-state index < -0.39 is 0 Å². The molecule has 7 nitrogen and oxygen atoms in total. The third-order valence-electron chi connectivity index (χ3n) is 8.41. The van der Waals surface area contributed by atoms with Crippen LogP contribution >= 0.6 is 0 Å². The normalized spacial score (nSPS) is 28.5. The summed E-state index contributed by atoms with van der Waals surface area (Å²) in [7, 11) is 3.24. The van der Waals surface area contributed by atoms with E-state index in [9.17, 15) is 4.79 Å². The van der Waals surface area contributed by atoms with Crippen LogP contribution in [-0.2, 0) is 0 Å². The van der Waals surface area contributed by atoms with Gasteiger partial charge in [0.1, 0.15) is 5.69 Å². The first-order valence-corrected chi connectivity index (χ1v) is 12.7. The number of nitrogens with zero attached hydrogens (tertiary/aromatic N) is 3. The molecule has 3 aliphatic heterocycles. The first-order valence-electron chi connectivity index (χ1n) is 12.7. The van der Waals surface area contributed by atoms with Crippen LogP contribution < -0.4 is 9.47 Å². The van der Waals surface area contributed by atoms with Crippen molar-refractivity contribution in [2.24, 2.45) is 11.8 Å². The first kappa shape index (κ1) is 21.7. The van der Waals surface area contributed by atoms with E-state index in [1.54, 1.807) is 14.2 Å². The van der Waals surface area contributed by atoms with Gasteiger partial charge in [-0.15, -0.1) is 0 Å². The SMILES string of the molecule is COc1ccc(-c2cc(C(=O)N3CCCC4=C[C@H]5C[C@@H](CN6CCCC[C@@H]56)[C@@H]43)[nH]n2)cc1OC. The largest absolute Gasteiger partial charge is 0.493 e. The second-order valence-electron chi connectivity index (χ2n) is 10.2. The smallest absolute Gasteiger partial charge is 0.272 e. The molecule has 1 N–H and O–H groups in total. The van der Waals surface area contributed by atoms with Crippen molar-refractivity contribution in [1.82, 2.24) is 20.0 Å². The quantitative estimate of drug-likeness (QED) is 0.692. The predicted octanol–water partition coefficient (Wildman–Crippen LogP) is 4.13. The lowest BCUT2D eigenvalue weighted by Crippen LogP contribution is -2.60. The molecule has 4 atom stereocenters. The number of carbonyl (C=O) groups excluding carboxylic acids is 1. The van der Waals surface area contributed by atoms with E-state index in [4.69, 9.17) is 9.47 Å². The lowest BCUT2D eigenvalue weighted by atomic mass is 9.68. The number of hydrogen-bond donors (Lipinski definition) is 1. The third-order valence-corrected chi connectivity index (χ3v) is 8.41. The minimum absolute atomic E-state index is 0.0639. The van der Waals surface area contributed by atoms with Crippen LogP contribution in [0.15, 0.2) is 35.9 Å². The molecule has 6 rings (SSSR count). The van der Waals surface area contributed by atoms with Crippen molar-refractivity contribution in [1.29, 1.82) is 0 Å². The molecule has 3 saturated heterocycles. The summed E-state index contributed by atoms with van der Waals surface area (Å²) >= 11 is 0. The van der Waals surface area contributed by atoms with Gasteiger partial charge in [0.2, 0.25) is 0 Å². The number of hydrogen-bond acceptors (Lipinski definition) is 5. The number of nitrogens with one attached hydrogen (secondary N) is 1. The van der Waals surface area contributed by atoms with Gasteiger partial charge in [-0.2, -0.15) is 5.10 Å². The molecule has 7 heteroatoms. The Morgan fingerprint density at radius 3 is 2.82 bits per heavy atom. The number of carbonyl (C=O) groups is 1. The summed E-state index contributed by atoms with van der Waals surface area (Å²) in [5.41, 5.74) is 3.68. The van der Waals surface area contributed by atoms with Crippen molar-refractivity contribution in [3.63, 3.8) is 0 Å². The maximum Gasteiger partial charge on any atom is 0.272 e. The highest BCUT2D eigenvalue weighted by Gasteiger charge is 2.47. The Labute approximate surface area is 201 Å². The highest BCUT2D eigenvalue weighted by molar-refractivity contribution is 5.94. The molecule has 0 spiro atoms. The fraction of sp³-hybridized carbons (Fsp3) is 0.556. The number of piperidine rings is 3. The van der Waals surface area contributed by atoms with E-state index in [1.807, 2.05) is 24.3 Å². The zero-order chi connectivity index (χ0) is 23.2. The van der Waals surface area contributed by atoms with Gasteiger partial charge < -0.3 is 14.4 Å². The van der Waals surface area contributed by atoms with E-state index in [1.165, 1.54) is 37.8 Å². The van der Waals surface area contributed by atoms with Crippen molar-refractivity contribution in [2.75, 3.05) is 33.9 Å². The van der Waals surface area contributed by atoms with Gasteiger partial charge in [-0.25, -0.2) is 0 Å². The fourth-order valence-electron chi connectivity index (χ4n) is 6.93. The summed E-state index contributed by atoms with van der Waals surface area (Å²) in [5, 5.41) is 7.48. The number of aromatic amines is 1. The molecule has 0 saturated carbocycles. The second kappa shape index (κ2) is 8.77. The number of H-pyrrole nitrogens is 1. The number of fused-ring (bicyclic) bond motifs is 6. The van der Waals surface area contributed by atoms with E-state index in [-0.39, 0.29) is 11.9 Å². The van der Waals surface area contributed by atoms with E-state index in [0.717, 1.165) is 43.2 Å². The molecule has 4 aliphatic rings. The van der Waals surface area contributed by atoms with Gasteiger partial charge in [0.05, 0.1) is 26.0 Å². The summed E-state index contributed by atoms with van der Waals surface area (Å²) in [6.07, 6.45) is 9.96. The highest BCUT2D eigenvalue weighted by atomic mass is 16.5. The molecule has 1 amide bonds. The number of aromatic nitrogens is 2.